The first-order valence-electron chi connectivity index (χ1n) is 9.62. The van der Waals surface area contributed by atoms with Gasteiger partial charge in [0.25, 0.3) is 0 Å². The molecular formula is C23H26INO2. The van der Waals surface area contributed by atoms with Gasteiger partial charge in [-0.15, -0.1) is 0 Å². The van der Waals surface area contributed by atoms with Gasteiger partial charge in [0.2, 0.25) is 0 Å². The molecule has 0 amide bonds. The fourth-order valence-corrected chi connectivity index (χ4v) is 5.61. The molecule has 0 unspecified atom stereocenters. The molecule has 1 aliphatic heterocycles. The van der Waals surface area contributed by atoms with Gasteiger partial charge in [-0.25, -0.2) is 0 Å². The first kappa shape index (κ1) is 18.9. The summed E-state index contributed by atoms with van der Waals surface area (Å²) in [6.45, 7) is 8.60. The van der Waals surface area contributed by atoms with Crippen LogP contribution in [0.4, 0.5) is 0 Å². The molecule has 142 valence electrons. The molecule has 3 nitrogen and oxygen atoms in total. The Morgan fingerprint density at radius 1 is 0.852 bits per heavy atom. The van der Waals surface area contributed by atoms with Crippen molar-refractivity contribution in [3.05, 3.63) is 55.9 Å². The molecule has 0 bridgehead atoms. The van der Waals surface area contributed by atoms with E-state index in [1.165, 1.54) is 0 Å². The second kappa shape index (κ2) is 6.29. The molecule has 0 spiro atoms. The summed E-state index contributed by atoms with van der Waals surface area (Å²) in [5, 5.41) is 3.56. The van der Waals surface area contributed by atoms with Gasteiger partial charge in [0.15, 0.2) is 11.6 Å². The molecule has 0 atom stereocenters. The topological polar surface area (TPSA) is 46.2 Å². The van der Waals surface area contributed by atoms with Crippen molar-refractivity contribution in [2.24, 2.45) is 10.8 Å². The molecule has 1 aromatic rings. The minimum Gasteiger partial charge on any atom is -0.362 e. The van der Waals surface area contributed by atoms with Gasteiger partial charge in [-0.3, -0.25) is 9.59 Å². The normalized spacial score (nSPS) is 24.5. The van der Waals surface area contributed by atoms with Crippen LogP contribution < -0.4 is 5.32 Å². The van der Waals surface area contributed by atoms with Gasteiger partial charge in [-0.2, -0.15) is 0 Å². The minimum atomic E-state index is -0.225. The van der Waals surface area contributed by atoms with Crippen LogP contribution in [0.3, 0.4) is 0 Å². The van der Waals surface area contributed by atoms with Crippen LogP contribution in [0.2, 0.25) is 0 Å². The van der Waals surface area contributed by atoms with Crippen molar-refractivity contribution < 1.29 is 9.59 Å². The maximum Gasteiger partial charge on any atom is 0.162 e. The van der Waals surface area contributed by atoms with Crippen molar-refractivity contribution in [1.29, 1.82) is 0 Å². The monoisotopic (exact) mass is 475 g/mol. The summed E-state index contributed by atoms with van der Waals surface area (Å²) in [7, 11) is 0. The zero-order valence-electron chi connectivity index (χ0n) is 16.4. The summed E-state index contributed by atoms with van der Waals surface area (Å²) in [6, 6.07) is 8.16. The van der Waals surface area contributed by atoms with Gasteiger partial charge in [0, 0.05) is 44.9 Å². The molecule has 0 aromatic heterocycles. The highest BCUT2D eigenvalue weighted by Crippen LogP contribution is 2.51. The van der Waals surface area contributed by atoms with Crippen LogP contribution in [0.5, 0.6) is 0 Å². The largest absolute Gasteiger partial charge is 0.362 e. The van der Waals surface area contributed by atoms with Gasteiger partial charge < -0.3 is 5.32 Å². The van der Waals surface area contributed by atoms with Crippen molar-refractivity contribution in [2.45, 2.75) is 59.3 Å². The van der Waals surface area contributed by atoms with Crippen molar-refractivity contribution in [3.63, 3.8) is 0 Å². The lowest BCUT2D eigenvalue weighted by Crippen LogP contribution is -2.42. The predicted molar refractivity (Wildman–Crippen MR) is 115 cm³/mol. The lowest BCUT2D eigenvalue weighted by atomic mass is 9.64. The van der Waals surface area contributed by atoms with Gasteiger partial charge in [-0.1, -0.05) is 45.9 Å². The summed E-state index contributed by atoms with van der Waals surface area (Å²) in [6.07, 6.45) is 2.77. The predicted octanol–water partition coefficient (Wildman–Crippen LogP) is 5.26. The van der Waals surface area contributed by atoms with Gasteiger partial charge in [-0.05, 0) is 57.9 Å². The van der Waals surface area contributed by atoms with Crippen molar-refractivity contribution in [1.82, 2.24) is 5.32 Å². The van der Waals surface area contributed by atoms with Crippen LogP contribution >= 0.6 is 22.6 Å². The Labute approximate surface area is 174 Å². The summed E-state index contributed by atoms with van der Waals surface area (Å²) >= 11 is 2.33. The highest BCUT2D eigenvalue weighted by molar-refractivity contribution is 14.1. The molecule has 3 aliphatic rings. The zero-order chi connectivity index (χ0) is 19.6. The Morgan fingerprint density at radius 2 is 1.33 bits per heavy atom. The standard InChI is InChI=1S/C23H26INO2/c1-22(2)9-15-20(17(26)11-22)19(13-7-5-6-8-14(13)24)21-16(25-15)10-23(3,4)12-18(21)27/h5-8,19,25H,9-12H2,1-4H3. The van der Waals surface area contributed by atoms with Crippen molar-refractivity contribution in [2.75, 3.05) is 0 Å². The zero-order valence-corrected chi connectivity index (χ0v) is 18.6. The van der Waals surface area contributed by atoms with E-state index in [1.54, 1.807) is 0 Å². The number of hydrogen-bond donors (Lipinski definition) is 1. The lowest BCUT2D eigenvalue weighted by Gasteiger charge is -2.44. The molecular weight excluding hydrogens is 449 g/mol. The molecule has 27 heavy (non-hydrogen) atoms. The fourth-order valence-electron chi connectivity index (χ4n) is 4.91. The van der Waals surface area contributed by atoms with E-state index in [0.29, 0.717) is 12.8 Å². The van der Waals surface area contributed by atoms with Gasteiger partial charge >= 0.3 is 0 Å². The lowest BCUT2D eigenvalue weighted by molar-refractivity contribution is -0.119. The van der Waals surface area contributed by atoms with E-state index < -0.39 is 0 Å². The minimum absolute atomic E-state index is 0.0520. The van der Waals surface area contributed by atoms with Crippen LogP contribution in [0.25, 0.3) is 0 Å². The number of Topliss-reactive ketones (excluding diaryl/α,β-unsaturated/α-hetero) is 2. The number of carbonyl (C=O) groups is 2. The number of rotatable bonds is 1. The number of carbonyl (C=O) groups excluding carboxylic acids is 2. The number of hydrogen-bond acceptors (Lipinski definition) is 3. The Balaban J connectivity index is 1.94. The third-order valence-electron chi connectivity index (χ3n) is 5.94. The average Bonchev–Trinajstić information content (AvgIpc) is 2.51. The molecule has 1 heterocycles. The molecule has 4 rings (SSSR count). The molecule has 0 radical (unpaired) electrons. The molecule has 0 saturated heterocycles. The quantitative estimate of drug-likeness (QED) is 0.564. The highest BCUT2D eigenvalue weighted by atomic mass is 127. The van der Waals surface area contributed by atoms with E-state index in [0.717, 1.165) is 44.5 Å². The summed E-state index contributed by atoms with van der Waals surface area (Å²) < 4.78 is 1.11. The van der Waals surface area contributed by atoms with E-state index in [1.807, 2.05) is 12.1 Å². The van der Waals surface area contributed by atoms with Gasteiger partial charge in [0.1, 0.15) is 0 Å². The third-order valence-corrected chi connectivity index (χ3v) is 6.92. The smallest absolute Gasteiger partial charge is 0.162 e. The van der Waals surface area contributed by atoms with Crippen LogP contribution in [-0.4, -0.2) is 11.6 Å². The maximum atomic E-state index is 13.2. The van der Waals surface area contributed by atoms with Gasteiger partial charge in [0.05, 0.1) is 0 Å². The van der Waals surface area contributed by atoms with Crippen LogP contribution in [-0.2, 0) is 9.59 Å². The summed E-state index contributed by atoms with van der Waals surface area (Å²) in [4.78, 5) is 26.4. The average molecular weight is 475 g/mol. The number of nitrogens with one attached hydrogen (secondary N) is 1. The SMILES string of the molecule is CC1(C)CC(=O)C2=C(C1)NC1=C(C(=O)CC(C)(C)C1)C2c1ccccc1I. The van der Waals surface area contributed by atoms with Crippen LogP contribution in [0.1, 0.15) is 64.9 Å². The van der Waals surface area contributed by atoms with Crippen LogP contribution in [0, 0.1) is 14.4 Å². The molecule has 0 fully saturated rings. The first-order valence-corrected chi connectivity index (χ1v) is 10.7. The first-order chi connectivity index (χ1) is 12.6. The molecule has 1 N–H and O–H groups in total. The van der Waals surface area contributed by atoms with Crippen molar-refractivity contribution >= 4 is 34.2 Å². The van der Waals surface area contributed by atoms with E-state index in [-0.39, 0.29) is 28.3 Å². The van der Waals surface area contributed by atoms with Crippen LogP contribution in [0.15, 0.2) is 46.8 Å². The number of benzene rings is 1. The van der Waals surface area contributed by atoms with E-state index in [2.05, 4.69) is 67.7 Å². The summed E-state index contributed by atoms with van der Waals surface area (Å²) in [5.41, 5.74) is 4.69. The third kappa shape index (κ3) is 3.30. The Kier molecular flexibility index (Phi) is 4.41. The second-order valence-electron chi connectivity index (χ2n) is 9.75. The van der Waals surface area contributed by atoms with E-state index in [9.17, 15) is 9.59 Å². The maximum absolute atomic E-state index is 13.2. The Bertz CT molecular complexity index is 868. The molecule has 0 saturated carbocycles. The van der Waals surface area contributed by atoms with E-state index in [4.69, 9.17) is 0 Å². The summed E-state index contributed by atoms with van der Waals surface area (Å²) in [5.74, 6) is 0.140. The number of allylic oxidation sites excluding steroid dienone is 4. The number of halogens is 1. The highest BCUT2D eigenvalue weighted by Gasteiger charge is 2.46. The van der Waals surface area contributed by atoms with E-state index >= 15 is 0 Å². The molecule has 1 aromatic carbocycles. The second-order valence-corrected chi connectivity index (χ2v) is 10.9. The molecule has 4 heteroatoms. The van der Waals surface area contributed by atoms with Crippen molar-refractivity contribution in [3.8, 4) is 0 Å². The number of ketones is 2. The molecule has 2 aliphatic carbocycles. The fraction of sp³-hybridized carbons (Fsp3) is 0.478. The number of dihydropyridines is 1. The Hall–Kier alpha value is -1.43. The Morgan fingerprint density at radius 3 is 1.81 bits per heavy atom.